The van der Waals surface area contributed by atoms with Crippen LogP contribution in [-0.4, -0.2) is 206 Å². The third-order valence-corrected chi connectivity index (χ3v) is 16.6. The Morgan fingerprint density at radius 2 is 1.28 bits per heavy atom. The summed E-state index contributed by atoms with van der Waals surface area (Å²) in [4.78, 5) is 210. The van der Waals surface area contributed by atoms with E-state index in [0.717, 1.165) is 50.8 Å². The van der Waals surface area contributed by atoms with Gasteiger partial charge in [-0.25, -0.2) is 0 Å². The molecule has 6 heterocycles. The van der Waals surface area contributed by atoms with E-state index in [9.17, 15) is 77.0 Å². The third kappa shape index (κ3) is 16.0. The minimum atomic E-state index is -1.76. The van der Waals surface area contributed by atoms with Crippen LogP contribution >= 0.6 is 11.8 Å². The van der Waals surface area contributed by atoms with Gasteiger partial charge in [-0.2, -0.15) is 0 Å². The van der Waals surface area contributed by atoms with Crippen LogP contribution in [0.2, 0.25) is 0 Å². The van der Waals surface area contributed by atoms with E-state index >= 15 is 0 Å². The number of benzene rings is 1. The van der Waals surface area contributed by atoms with E-state index in [0.29, 0.717) is 30.2 Å². The van der Waals surface area contributed by atoms with Gasteiger partial charge in [-0.3, -0.25) is 81.7 Å². The minimum absolute atomic E-state index is 0.0144. The van der Waals surface area contributed by atoms with E-state index in [2.05, 4.69) is 47.5 Å². The molecule has 1 unspecified atom stereocenters. The van der Waals surface area contributed by atoms with Crippen molar-refractivity contribution in [3.63, 3.8) is 0 Å². The highest BCUT2D eigenvalue weighted by atomic mass is 32.2. The maximum atomic E-state index is 14.7. The summed E-state index contributed by atoms with van der Waals surface area (Å²) in [6.45, 7) is 4.64. The number of carboxylic acids is 1. The van der Waals surface area contributed by atoms with Crippen molar-refractivity contribution in [2.75, 3.05) is 56.9 Å². The number of carbonyl (C=O) groups is 15. The number of carbonyl (C=O) groups excluding carboxylic acids is 14. The molecule has 1 aromatic carbocycles. The van der Waals surface area contributed by atoms with Crippen LogP contribution in [0.1, 0.15) is 78.2 Å². The number of aromatic amines is 1. The molecule has 5 aliphatic heterocycles. The van der Waals surface area contributed by atoms with E-state index in [1.807, 2.05) is 0 Å². The molecule has 0 saturated carbocycles. The van der Waals surface area contributed by atoms with Gasteiger partial charge in [0.1, 0.15) is 36.3 Å². The molecule has 7 rings (SSSR count). The molecule has 30 heteroatoms. The number of fused-ring (bicyclic) bond motifs is 5. The van der Waals surface area contributed by atoms with E-state index < -0.39 is 169 Å². The van der Waals surface area contributed by atoms with Crippen molar-refractivity contribution in [2.24, 2.45) is 11.8 Å². The predicted octanol–water partition coefficient (Wildman–Crippen LogP) is -2.56. The molecular weight excluding hydrogens is 1130 g/mol. The maximum absolute atomic E-state index is 14.7. The zero-order chi connectivity index (χ0) is 61.8. The molecule has 85 heavy (non-hydrogen) atoms. The fourth-order valence-electron chi connectivity index (χ4n) is 10.2. The first-order valence-corrected chi connectivity index (χ1v) is 28.9. The molecule has 14 amide bonds. The van der Waals surface area contributed by atoms with Crippen molar-refractivity contribution in [3.05, 3.63) is 48.1 Å². The Kier molecular flexibility index (Phi) is 21.4. The Balaban J connectivity index is 1.25. The van der Waals surface area contributed by atoms with Crippen LogP contribution in [0.4, 0.5) is 5.69 Å². The van der Waals surface area contributed by atoms with Crippen molar-refractivity contribution < 1.29 is 77.0 Å². The second-order valence-electron chi connectivity index (χ2n) is 21.2. The number of nitrogens with zero attached hydrogens (tertiary/aromatic N) is 4. The summed E-state index contributed by atoms with van der Waals surface area (Å²) in [5, 5.41) is 31.5. The highest BCUT2D eigenvalue weighted by Gasteiger charge is 2.42. The average molecular weight is 1200 g/mol. The van der Waals surface area contributed by atoms with Crippen LogP contribution in [0.3, 0.4) is 0 Å². The molecule has 1 fully saturated rings. The standard InChI is InChI=1S/C55H69N13O16S/c1-5-28(3)47-52(82)57-25-39(70)59-36-27-85-54-32(31-22-30(9-10-33(31)62-54)58-38(69)11-12-41(72)65(18-20-67-42(73)13-14-43(67)74)19-21-68-44(75)15-16-45(68)76)23-34(49(79)56-26-40(71)63-47)60-53(83)48(29(4)6-2)64-51(81)37-8-7-17-66(37)55(84)35(24-46(77)78)61-50(36)80/h9-10,13-16,22,28-29,34-37,47-48,62H,5-8,11-12,17-21,23-27H2,1-4H3,(H,56,79)(H,57,82)(H,58,69)(H,59,70)(H,60,83)(H,61,80)(H,63,71)(H,64,81)(H,77,78)/t28-,29?,34-,35-,36-,37-,47-,48-/m0/s1. The number of thioether (sulfide) groups is 1. The van der Waals surface area contributed by atoms with Crippen molar-refractivity contribution in [1.29, 1.82) is 0 Å². The van der Waals surface area contributed by atoms with Crippen molar-refractivity contribution in [1.82, 2.24) is 61.8 Å². The fraction of sp³-hybridized carbons (Fsp3) is 0.509. The van der Waals surface area contributed by atoms with Gasteiger partial charge in [0.15, 0.2) is 0 Å². The van der Waals surface area contributed by atoms with Crippen molar-refractivity contribution in [3.8, 4) is 0 Å². The normalized spacial score (nSPS) is 23.7. The van der Waals surface area contributed by atoms with E-state index in [4.69, 9.17) is 0 Å². The van der Waals surface area contributed by atoms with Crippen LogP contribution in [-0.2, 0) is 78.3 Å². The highest BCUT2D eigenvalue weighted by Crippen LogP contribution is 2.34. The topological polar surface area (TPSA) is 401 Å². The lowest BCUT2D eigenvalue weighted by Crippen LogP contribution is -2.61. The SMILES string of the molecule is CCC(C)[C@@H]1NC(=O)[C@@H]2CCCN2C(=O)[C@H](CC(=O)O)NC(=O)[C@@H]2CSc3[nH]c4ccc(NC(=O)CCC(=O)N(CCN5C(=O)C=CC5=O)CCN5C(=O)C=CC5=O)cc4c3C[C@H](NC1=O)C(=O)NCC(=O)N[C@@H]([C@@H](C)CC)C(=O)NCC(=O)N2. The van der Waals surface area contributed by atoms with Crippen LogP contribution in [0.15, 0.2) is 47.5 Å². The number of aliphatic carboxylic acids is 1. The van der Waals surface area contributed by atoms with Crippen LogP contribution in [0.5, 0.6) is 0 Å². The highest BCUT2D eigenvalue weighted by molar-refractivity contribution is 7.99. The number of nitrogens with one attached hydrogen (secondary N) is 9. The summed E-state index contributed by atoms with van der Waals surface area (Å²) >= 11 is 0.932. The van der Waals surface area contributed by atoms with Gasteiger partial charge in [-0.1, -0.05) is 40.5 Å². The Morgan fingerprint density at radius 1 is 0.694 bits per heavy atom. The Hall–Kier alpha value is -8.96. The molecule has 1 aromatic heterocycles. The number of rotatable bonds is 16. The van der Waals surface area contributed by atoms with Gasteiger partial charge in [0.05, 0.1) is 24.5 Å². The number of hydrogen-bond acceptors (Lipinski definition) is 16. The van der Waals surface area contributed by atoms with Crippen LogP contribution in [0.25, 0.3) is 10.9 Å². The van der Waals surface area contributed by atoms with Gasteiger partial charge in [-0.05, 0) is 48.4 Å². The van der Waals surface area contributed by atoms with Gasteiger partial charge in [-0.15, -0.1) is 11.8 Å². The van der Waals surface area contributed by atoms with Crippen LogP contribution < -0.4 is 42.5 Å². The number of imide groups is 2. The fourth-order valence-corrected chi connectivity index (χ4v) is 11.3. The molecule has 2 bridgehead atoms. The van der Waals surface area contributed by atoms with Crippen molar-refractivity contribution >= 4 is 117 Å². The Labute approximate surface area is 491 Å². The molecule has 1 saturated heterocycles. The van der Waals surface area contributed by atoms with Gasteiger partial charge in [0.25, 0.3) is 23.6 Å². The first kappa shape index (κ1) is 63.6. The first-order chi connectivity index (χ1) is 40.5. The minimum Gasteiger partial charge on any atom is -0.481 e. The molecule has 456 valence electrons. The summed E-state index contributed by atoms with van der Waals surface area (Å²) in [5.41, 5.74) is 0.821. The lowest BCUT2D eigenvalue weighted by molar-refractivity contribution is -0.146. The summed E-state index contributed by atoms with van der Waals surface area (Å²) in [6.07, 6.45) is 3.27. The van der Waals surface area contributed by atoms with E-state index in [1.165, 1.54) is 17.0 Å². The van der Waals surface area contributed by atoms with Crippen molar-refractivity contribution in [2.45, 2.75) is 120 Å². The molecule has 0 radical (unpaired) electrons. The maximum Gasteiger partial charge on any atom is 0.305 e. The molecule has 10 N–H and O–H groups in total. The molecule has 8 atom stereocenters. The smallest absolute Gasteiger partial charge is 0.305 e. The van der Waals surface area contributed by atoms with E-state index in [1.54, 1.807) is 33.8 Å². The summed E-state index contributed by atoms with van der Waals surface area (Å²) < 4.78 is 0. The summed E-state index contributed by atoms with van der Waals surface area (Å²) in [6, 6.07) is -4.10. The van der Waals surface area contributed by atoms with E-state index in [-0.39, 0.29) is 67.6 Å². The number of amides is 14. The zero-order valence-electron chi connectivity index (χ0n) is 47.2. The van der Waals surface area contributed by atoms with Gasteiger partial charge < -0.3 is 62.4 Å². The number of anilines is 1. The average Bonchev–Trinajstić information content (AvgIpc) is 2.56. The molecule has 0 spiro atoms. The number of aromatic nitrogens is 1. The number of H-pyrrole nitrogens is 1. The Morgan fingerprint density at radius 3 is 1.88 bits per heavy atom. The second-order valence-corrected chi connectivity index (χ2v) is 22.3. The largest absolute Gasteiger partial charge is 0.481 e. The van der Waals surface area contributed by atoms with Gasteiger partial charge in [0, 0.05) is 98.6 Å². The lowest BCUT2D eigenvalue weighted by atomic mass is 9.96. The number of carboxylic acid groups (broad SMARTS) is 1. The van der Waals surface area contributed by atoms with Crippen LogP contribution in [0, 0.1) is 11.8 Å². The molecule has 2 aromatic rings. The molecule has 5 aliphatic rings. The second kappa shape index (κ2) is 28.5. The molecule has 29 nitrogen and oxygen atoms in total. The summed E-state index contributed by atoms with van der Waals surface area (Å²) in [5.74, 6) is -13.6. The lowest BCUT2D eigenvalue weighted by Gasteiger charge is -2.32. The van der Waals surface area contributed by atoms with Gasteiger partial charge >= 0.3 is 5.97 Å². The number of hydrogen-bond donors (Lipinski definition) is 10. The molecule has 0 aliphatic carbocycles. The first-order valence-electron chi connectivity index (χ1n) is 28.0. The monoisotopic (exact) mass is 1200 g/mol. The quantitative estimate of drug-likeness (QED) is 0.0773. The van der Waals surface area contributed by atoms with Gasteiger partial charge in [0.2, 0.25) is 59.1 Å². The third-order valence-electron chi connectivity index (χ3n) is 15.4. The zero-order valence-corrected chi connectivity index (χ0v) is 48.1. The molecular formula is C55H69N13O16S. The Bertz CT molecular complexity index is 3040. The predicted molar refractivity (Wildman–Crippen MR) is 300 cm³/mol. The summed E-state index contributed by atoms with van der Waals surface area (Å²) in [7, 11) is 0.